The zero-order chi connectivity index (χ0) is 13.9. The van der Waals surface area contributed by atoms with Crippen molar-refractivity contribution in [3.05, 3.63) is 66.2 Å². The zero-order valence-corrected chi connectivity index (χ0v) is 10.7. The van der Waals surface area contributed by atoms with Gasteiger partial charge in [0.05, 0.1) is 6.54 Å². The van der Waals surface area contributed by atoms with Crippen molar-refractivity contribution < 1.29 is 4.39 Å². The van der Waals surface area contributed by atoms with Crippen molar-refractivity contribution in [3.8, 4) is 11.4 Å². The van der Waals surface area contributed by atoms with Crippen LogP contribution in [-0.2, 0) is 6.54 Å². The minimum absolute atomic E-state index is 0.249. The third-order valence-corrected chi connectivity index (χ3v) is 2.94. The molecule has 5 heteroatoms. The molecule has 20 heavy (non-hydrogen) atoms. The number of nitrogens with zero attached hydrogens (tertiary/aromatic N) is 3. The second-order valence-corrected chi connectivity index (χ2v) is 4.52. The fourth-order valence-electron chi connectivity index (χ4n) is 1.96. The molecule has 0 saturated carbocycles. The lowest BCUT2D eigenvalue weighted by Crippen LogP contribution is -2.00. The van der Waals surface area contributed by atoms with Crippen LogP contribution in [0.4, 0.5) is 10.1 Å². The number of nitrogens with two attached hydrogens (primary N) is 1. The zero-order valence-electron chi connectivity index (χ0n) is 10.7. The Balaban J connectivity index is 1.82. The number of hydrogen-bond acceptors (Lipinski definition) is 3. The predicted molar refractivity (Wildman–Crippen MR) is 75.4 cm³/mol. The fraction of sp³-hybridized carbons (Fsp3) is 0.0667. The largest absolute Gasteiger partial charge is 0.399 e. The van der Waals surface area contributed by atoms with Crippen molar-refractivity contribution in [2.24, 2.45) is 0 Å². The first-order valence-corrected chi connectivity index (χ1v) is 6.20. The summed E-state index contributed by atoms with van der Waals surface area (Å²) in [5.41, 5.74) is 8.09. The first-order valence-electron chi connectivity index (χ1n) is 6.20. The van der Waals surface area contributed by atoms with E-state index >= 15 is 0 Å². The van der Waals surface area contributed by atoms with Crippen molar-refractivity contribution in [1.82, 2.24) is 14.8 Å². The van der Waals surface area contributed by atoms with E-state index in [2.05, 4.69) is 10.1 Å². The molecule has 100 valence electrons. The molecule has 0 spiro atoms. The van der Waals surface area contributed by atoms with E-state index in [9.17, 15) is 4.39 Å². The molecule has 0 radical (unpaired) electrons. The van der Waals surface area contributed by atoms with E-state index in [4.69, 9.17) is 5.73 Å². The maximum atomic E-state index is 13.1. The van der Waals surface area contributed by atoms with Crippen molar-refractivity contribution in [2.75, 3.05) is 5.73 Å². The number of rotatable bonds is 3. The van der Waals surface area contributed by atoms with Crippen LogP contribution in [0.2, 0.25) is 0 Å². The van der Waals surface area contributed by atoms with Crippen LogP contribution < -0.4 is 5.73 Å². The van der Waals surface area contributed by atoms with Crippen LogP contribution in [0.3, 0.4) is 0 Å². The quantitative estimate of drug-likeness (QED) is 0.743. The van der Waals surface area contributed by atoms with Gasteiger partial charge in [0.15, 0.2) is 5.82 Å². The first-order chi connectivity index (χ1) is 9.70. The number of hydrogen-bond donors (Lipinski definition) is 1. The second kappa shape index (κ2) is 5.13. The lowest BCUT2D eigenvalue weighted by molar-refractivity contribution is 0.619. The van der Waals surface area contributed by atoms with Crippen LogP contribution in [0.5, 0.6) is 0 Å². The van der Waals surface area contributed by atoms with Crippen LogP contribution in [0, 0.1) is 5.82 Å². The molecule has 4 nitrogen and oxygen atoms in total. The normalized spacial score (nSPS) is 10.7. The molecule has 1 aromatic heterocycles. The third-order valence-electron chi connectivity index (χ3n) is 2.94. The SMILES string of the molecule is Nc1ccc(-c2ncn(Cc3cccc(F)c3)n2)cc1. The summed E-state index contributed by atoms with van der Waals surface area (Å²) in [5, 5.41) is 4.38. The molecule has 0 aliphatic rings. The molecule has 0 saturated heterocycles. The summed E-state index contributed by atoms with van der Waals surface area (Å²) in [6.45, 7) is 0.486. The van der Waals surface area contributed by atoms with Gasteiger partial charge in [-0.3, -0.25) is 0 Å². The van der Waals surface area contributed by atoms with Crippen molar-refractivity contribution in [2.45, 2.75) is 6.54 Å². The average Bonchev–Trinajstić information content (AvgIpc) is 2.88. The van der Waals surface area contributed by atoms with Gasteiger partial charge >= 0.3 is 0 Å². The molecule has 0 fully saturated rings. The Hall–Kier alpha value is -2.69. The molecule has 1 heterocycles. The minimum Gasteiger partial charge on any atom is -0.399 e. The number of halogens is 1. The molecule has 2 N–H and O–H groups in total. The standard InChI is InChI=1S/C15H13FN4/c16-13-3-1-2-11(8-13)9-20-10-18-15(19-20)12-4-6-14(17)7-5-12/h1-8,10H,9,17H2. The Morgan fingerprint density at radius 1 is 1.10 bits per heavy atom. The summed E-state index contributed by atoms with van der Waals surface area (Å²) >= 11 is 0. The number of nitrogen functional groups attached to an aromatic ring is 1. The van der Waals surface area contributed by atoms with Crippen molar-refractivity contribution in [1.29, 1.82) is 0 Å². The fourth-order valence-corrected chi connectivity index (χ4v) is 1.96. The van der Waals surface area contributed by atoms with Crippen LogP contribution in [0.15, 0.2) is 54.9 Å². The highest BCUT2D eigenvalue weighted by Crippen LogP contribution is 2.16. The third kappa shape index (κ3) is 2.66. The van der Waals surface area contributed by atoms with Gasteiger partial charge in [0.2, 0.25) is 0 Å². The summed E-state index contributed by atoms with van der Waals surface area (Å²) in [6.07, 6.45) is 1.64. The number of anilines is 1. The molecule has 0 bridgehead atoms. The van der Waals surface area contributed by atoms with Gasteiger partial charge in [-0.1, -0.05) is 12.1 Å². The van der Waals surface area contributed by atoms with Gasteiger partial charge in [-0.15, -0.1) is 0 Å². The molecule has 3 rings (SSSR count). The highest BCUT2D eigenvalue weighted by molar-refractivity contribution is 5.57. The summed E-state index contributed by atoms with van der Waals surface area (Å²) in [4.78, 5) is 4.25. The van der Waals surface area contributed by atoms with E-state index in [-0.39, 0.29) is 5.82 Å². The average molecular weight is 268 g/mol. The topological polar surface area (TPSA) is 56.7 Å². The molecule has 2 aromatic carbocycles. The van der Waals surface area contributed by atoms with Crippen LogP contribution in [-0.4, -0.2) is 14.8 Å². The van der Waals surface area contributed by atoms with Crippen LogP contribution in [0.1, 0.15) is 5.56 Å². The van der Waals surface area contributed by atoms with E-state index in [1.165, 1.54) is 12.1 Å². The molecular formula is C15H13FN4. The Morgan fingerprint density at radius 2 is 1.90 bits per heavy atom. The van der Waals surface area contributed by atoms with Gasteiger partial charge in [0.25, 0.3) is 0 Å². The van der Waals surface area contributed by atoms with E-state index in [0.717, 1.165) is 11.1 Å². The minimum atomic E-state index is -0.249. The van der Waals surface area contributed by atoms with Gasteiger partial charge in [0, 0.05) is 11.3 Å². The van der Waals surface area contributed by atoms with Gasteiger partial charge in [-0.2, -0.15) is 5.10 Å². The molecule has 3 aromatic rings. The first kappa shape index (κ1) is 12.3. The highest BCUT2D eigenvalue weighted by atomic mass is 19.1. The lowest BCUT2D eigenvalue weighted by Gasteiger charge is -2.01. The molecule has 0 unspecified atom stereocenters. The highest BCUT2D eigenvalue weighted by Gasteiger charge is 2.05. The van der Waals surface area contributed by atoms with Crippen LogP contribution >= 0.6 is 0 Å². The Kier molecular flexibility index (Phi) is 3.16. The van der Waals surface area contributed by atoms with E-state index < -0.39 is 0 Å². The lowest BCUT2D eigenvalue weighted by atomic mass is 10.2. The van der Waals surface area contributed by atoms with E-state index in [1.54, 1.807) is 17.1 Å². The number of aromatic nitrogens is 3. The predicted octanol–water partition coefficient (Wildman–Crippen LogP) is 2.71. The summed E-state index contributed by atoms with van der Waals surface area (Å²) in [5.74, 6) is 0.378. The van der Waals surface area contributed by atoms with Gasteiger partial charge in [0.1, 0.15) is 12.1 Å². The molecule has 0 atom stereocenters. The Labute approximate surface area is 115 Å². The molecule has 0 aliphatic heterocycles. The summed E-state index contributed by atoms with van der Waals surface area (Å²) in [7, 11) is 0. The number of benzene rings is 2. The van der Waals surface area contributed by atoms with E-state index in [0.29, 0.717) is 18.1 Å². The van der Waals surface area contributed by atoms with Gasteiger partial charge < -0.3 is 5.73 Å². The Morgan fingerprint density at radius 3 is 2.65 bits per heavy atom. The van der Waals surface area contributed by atoms with Gasteiger partial charge in [-0.05, 0) is 42.0 Å². The maximum Gasteiger partial charge on any atom is 0.181 e. The molecular weight excluding hydrogens is 255 g/mol. The van der Waals surface area contributed by atoms with Gasteiger partial charge in [-0.25, -0.2) is 14.1 Å². The smallest absolute Gasteiger partial charge is 0.181 e. The second-order valence-electron chi connectivity index (χ2n) is 4.52. The van der Waals surface area contributed by atoms with Crippen molar-refractivity contribution in [3.63, 3.8) is 0 Å². The molecule has 0 amide bonds. The maximum absolute atomic E-state index is 13.1. The Bertz CT molecular complexity index is 719. The van der Waals surface area contributed by atoms with Crippen molar-refractivity contribution >= 4 is 5.69 Å². The van der Waals surface area contributed by atoms with E-state index in [1.807, 2.05) is 30.3 Å². The monoisotopic (exact) mass is 268 g/mol. The molecule has 0 aliphatic carbocycles. The van der Waals surface area contributed by atoms with Crippen LogP contribution in [0.25, 0.3) is 11.4 Å². The summed E-state index contributed by atoms with van der Waals surface area (Å²) < 4.78 is 14.8. The summed E-state index contributed by atoms with van der Waals surface area (Å²) in [6, 6.07) is 13.8.